The Morgan fingerprint density at radius 3 is 2.89 bits per heavy atom. The molecule has 1 aromatic rings. The maximum absolute atomic E-state index is 12.1. The van der Waals surface area contributed by atoms with Gasteiger partial charge in [0.2, 0.25) is 0 Å². The first-order valence-corrected chi connectivity index (χ1v) is 6.28. The molecular formula is C13H20N2O3. The summed E-state index contributed by atoms with van der Waals surface area (Å²) >= 11 is 0. The summed E-state index contributed by atoms with van der Waals surface area (Å²) in [5, 5.41) is 3.16. The molecule has 5 heteroatoms. The Kier molecular flexibility index (Phi) is 3.71. The predicted octanol–water partition coefficient (Wildman–Crippen LogP) is 1.91. The van der Waals surface area contributed by atoms with Crippen molar-refractivity contribution >= 4 is 5.97 Å². The molecular weight excluding hydrogens is 232 g/mol. The fraction of sp³-hybridized carbons (Fsp3) is 0.692. The number of aromatic nitrogens is 1. The average molecular weight is 252 g/mol. The van der Waals surface area contributed by atoms with E-state index >= 15 is 0 Å². The molecule has 1 fully saturated rings. The van der Waals surface area contributed by atoms with Gasteiger partial charge in [0, 0.05) is 12.0 Å². The molecule has 100 valence electrons. The van der Waals surface area contributed by atoms with Crippen molar-refractivity contribution in [3.8, 4) is 0 Å². The van der Waals surface area contributed by atoms with Gasteiger partial charge in [-0.15, -0.1) is 0 Å². The topological polar surface area (TPSA) is 64.4 Å². The minimum atomic E-state index is -0.395. The molecule has 0 spiro atoms. The number of nitrogens with zero attached hydrogens (tertiary/aromatic N) is 1. The first-order chi connectivity index (χ1) is 8.48. The number of rotatable bonds is 3. The predicted molar refractivity (Wildman–Crippen MR) is 65.8 cm³/mol. The number of hydrogen-bond acceptors (Lipinski definition) is 5. The summed E-state index contributed by atoms with van der Waals surface area (Å²) in [6, 6.07) is 0. The Morgan fingerprint density at radius 1 is 1.61 bits per heavy atom. The van der Waals surface area contributed by atoms with E-state index in [1.807, 2.05) is 20.8 Å². The molecule has 2 heterocycles. The second kappa shape index (κ2) is 5.10. The summed E-state index contributed by atoms with van der Waals surface area (Å²) in [6.45, 7) is 7.62. The van der Waals surface area contributed by atoms with E-state index in [-0.39, 0.29) is 17.3 Å². The van der Waals surface area contributed by atoms with Crippen LogP contribution in [0.4, 0.5) is 0 Å². The van der Waals surface area contributed by atoms with Gasteiger partial charge in [0.1, 0.15) is 0 Å². The number of hydrogen-bond donors (Lipinski definition) is 1. The minimum Gasteiger partial charge on any atom is -0.453 e. The van der Waals surface area contributed by atoms with Crippen molar-refractivity contribution in [3.63, 3.8) is 0 Å². The molecule has 1 aliphatic rings. The van der Waals surface area contributed by atoms with E-state index in [9.17, 15) is 4.79 Å². The molecule has 0 bridgehead atoms. The van der Waals surface area contributed by atoms with Crippen LogP contribution in [0.2, 0.25) is 0 Å². The van der Waals surface area contributed by atoms with Crippen LogP contribution in [0, 0.1) is 11.3 Å². The molecule has 0 saturated carbocycles. The van der Waals surface area contributed by atoms with E-state index in [4.69, 9.17) is 9.15 Å². The highest BCUT2D eigenvalue weighted by Crippen LogP contribution is 2.36. The van der Waals surface area contributed by atoms with Gasteiger partial charge in [0.15, 0.2) is 18.3 Å². The standard InChI is InChI=1S/C13H20N2O3/c1-13(2,3)11(10-7-15-8-17-10)18-12(16)9-4-5-14-6-9/h7-9,11,14H,4-6H2,1-3H3. The van der Waals surface area contributed by atoms with Crippen molar-refractivity contribution < 1.29 is 13.9 Å². The van der Waals surface area contributed by atoms with Crippen LogP contribution < -0.4 is 5.32 Å². The Labute approximate surface area is 107 Å². The van der Waals surface area contributed by atoms with Crippen molar-refractivity contribution in [2.24, 2.45) is 11.3 Å². The zero-order chi connectivity index (χ0) is 13.2. The second-order valence-corrected chi connectivity index (χ2v) is 5.78. The molecule has 2 atom stereocenters. The van der Waals surface area contributed by atoms with E-state index in [2.05, 4.69) is 10.3 Å². The van der Waals surface area contributed by atoms with Gasteiger partial charge in [-0.05, 0) is 13.0 Å². The first kappa shape index (κ1) is 13.1. The zero-order valence-electron chi connectivity index (χ0n) is 11.1. The SMILES string of the molecule is CC(C)(C)C(OC(=O)C1CCNC1)c1cnco1. The van der Waals surface area contributed by atoms with E-state index in [0.717, 1.165) is 13.0 Å². The fourth-order valence-electron chi connectivity index (χ4n) is 2.08. The van der Waals surface area contributed by atoms with Gasteiger partial charge in [-0.25, -0.2) is 4.98 Å². The summed E-state index contributed by atoms with van der Waals surface area (Å²) in [6.07, 6.45) is 3.41. The highest BCUT2D eigenvalue weighted by molar-refractivity contribution is 5.73. The highest BCUT2D eigenvalue weighted by atomic mass is 16.6. The minimum absolute atomic E-state index is 0.0437. The van der Waals surface area contributed by atoms with Gasteiger partial charge >= 0.3 is 5.97 Å². The molecule has 2 unspecified atom stereocenters. The maximum atomic E-state index is 12.1. The molecule has 5 nitrogen and oxygen atoms in total. The molecule has 1 aromatic heterocycles. The third kappa shape index (κ3) is 2.90. The molecule has 1 aliphatic heterocycles. The Morgan fingerprint density at radius 2 is 2.39 bits per heavy atom. The van der Waals surface area contributed by atoms with Crippen LogP contribution in [0.25, 0.3) is 0 Å². The molecule has 18 heavy (non-hydrogen) atoms. The summed E-state index contributed by atoms with van der Waals surface area (Å²) in [5.41, 5.74) is -0.221. The van der Waals surface area contributed by atoms with Gasteiger partial charge in [0.05, 0.1) is 12.1 Å². The van der Waals surface area contributed by atoms with Gasteiger partial charge in [-0.3, -0.25) is 4.79 Å². The van der Waals surface area contributed by atoms with Gasteiger partial charge in [-0.1, -0.05) is 20.8 Å². The van der Waals surface area contributed by atoms with Crippen LogP contribution in [-0.2, 0) is 9.53 Å². The number of carbonyl (C=O) groups excluding carboxylic acids is 1. The Hall–Kier alpha value is -1.36. The van der Waals surface area contributed by atoms with Crippen molar-refractivity contribution in [2.75, 3.05) is 13.1 Å². The van der Waals surface area contributed by atoms with E-state index < -0.39 is 6.10 Å². The molecule has 1 saturated heterocycles. The van der Waals surface area contributed by atoms with Crippen molar-refractivity contribution in [1.82, 2.24) is 10.3 Å². The van der Waals surface area contributed by atoms with Gasteiger partial charge < -0.3 is 14.5 Å². The number of ether oxygens (including phenoxy) is 1. The largest absolute Gasteiger partial charge is 0.453 e. The van der Waals surface area contributed by atoms with Crippen molar-refractivity contribution in [2.45, 2.75) is 33.3 Å². The van der Waals surface area contributed by atoms with Crippen LogP contribution in [-0.4, -0.2) is 24.0 Å². The molecule has 0 amide bonds. The van der Waals surface area contributed by atoms with Crippen LogP contribution in [0.5, 0.6) is 0 Å². The fourth-order valence-corrected chi connectivity index (χ4v) is 2.08. The second-order valence-electron chi connectivity index (χ2n) is 5.78. The lowest BCUT2D eigenvalue weighted by Gasteiger charge is -2.29. The van der Waals surface area contributed by atoms with Crippen LogP contribution in [0.1, 0.15) is 39.1 Å². The van der Waals surface area contributed by atoms with Crippen LogP contribution in [0.15, 0.2) is 17.0 Å². The Balaban J connectivity index is 2.08. The average Bonchev–Trinajstić information content (AvgIpc) is 2.96. The van der Waals surface area contributed by atoms with Crippen LogP contribution in [0.3, 0.4) is 0 Å². The summed E-state index contributed by atoms with van der Waals surface area (Å²) in [5.74, 6) is 0.399. The molecule has 1 N–H and O–H groups in total. The number of esters is 1. The number of carbonyl (C=O) groups is 1. The highest BCUT2D eigenvalue weighted by Gasteiger charge is 2.35. The third-order valence-corrected chi connectivity index (χ3v) is 3.12. The Bertz CT molecular complexity index is 389. The van der Waals surface area contributed by atoms with E-state index in [1.54, 1.807) is 6.20 Å². The summed E-state index contributed by atoms with van der Waals surface area (Å²) in [7, 11) is 0. The third-order valence-electron chi connectivity index (χ3n) is 3.12. The zero-order valence-corrected chi connectivity index (χ0v) is 11.1. The molecule has 0 aromatic carbocycles. The van der Waals surface area contributed by atoms with Crippen molar-refractivity contribution in [3.05, 3.63) is 18.4 Å². The molecule has 2 rings (SSSR count). The summed E-state index contributed by atoms with van der Waals surface area (Å²) < 4.78 is 10.9. The maximum Gasteiger partial charge on any atom is 0.311 e. The molecule has 0 radical (unpaired) electrons. The molecule has 0 aliphatic carbocycles. The quantitative estimate of drug-likeness (QED) is 0.832. The summed E-state index contributed by atoms with van der Waals surface area (Å²) in [4.78, 5) is 16.0. The lowest BCUT2D eigenvalue weighted by Crippen LogP contribution is -2.28. The number of nitrogens with one attached hydrogen (secondary N) is 1. The van der Waals surface area contributed by atoms with Gasteiger partial charge in [-0.2, -0.15) is 0 Å². The van der Waals surface area contributed by atoms with Crippen LogP contribution >= 0.6 is 0 Å². The monoisotopic (exact) mass is 252 g/mol. The smallest absolute Gasteiger partial charge is 0.311 e. The van der Waals surface area contributed by atoms with E-state index in [0.29, 0.717) is 12.3 Å². The van der Waals surface area contributed by atoms with Gasteiger partial charge in [0.25, 0.3) is 0 Å². The van der Waals surface area contributed by atoms with Crippen molar-refractivity contribution in [1.29, 1.82) is 0 Å². The first-order valence-electron chi connectivity index (χ1n) is 6.28. The number of oxazole rings is 1. The lowest BCUT2D eigenvalue weighted by molar-refractivity contribution is -0.161. The van der Waals surface area contributed by atoms with E-state index in [1.165, 1.54) is 6.39 Å². The lowest BCUT2D eigenvalue weighted by atomic mass is 9.87. The normalized spacial score (nSPS) is 21.8.